The highest BCUT2D eigenvalue weighted by Crippen LogP contribution is 2.34. The molecule has 2 fully saturated rings. The molecule has 0 spiro atoms. The normalized spacial score (nSPS) is 22.6. The van der Waals surface area contributed by atoms with Crippen molar-refractivity contribution in [1.29, 1.82) is 0 Å². The quantitative estimate of drug-likeness (QED) is 0.861. The number of amides is 2. The first-order valence-corrected chi connectivity index (χ1v) is 8.50. The van der Waals surface area contributed by atoms with Crippen LogP contribution in [0.25, 0.3) is 0 Å². The largest absolute Gasteiger partial charge is 0.328 e. The average Bonchev–Trinajstić information content (AvgIpc) is 2.53. The molecule has 4 nitrogen and oxygen atoms in total. The first-order chi connectivity index (χ1) is 9.73. The van der Waals surface area contributed by atoms with Gasteiger partial charge in [-0.05, 0) is 38.5 Å². The van der Waals surface area contributed by atoms with Crippen LogP contribution < -0.4 is 5.73 Å². The maximum Gasteiger partial charge on any atom is 0.320 e. The van der Waals surface area contributed by atoms with Crippen LogP contribution in [0.2, 0.25) is 0 Å². The second kappa shape index (κ2) is 7.30. The number of nitrogens with zero attached hydrogens (tertiary/aromatic N) is 2. The van der Waals surface area contributed by atoms with E-state index in [-0.39, 0.29) is 11.6 Å². The second-order valence-electron chi connectivity index (χ2n) is 6.47. The van der Waals surface area contributed by atoms with Gasteiger partial charge in [-0.15, -0.1) is 0 Å². The van der Waals surface area contributed by atoms with E-state index in [0.29, 0.717) is 6.54 Å². The van der Waals surface area contributed by atoms with Gasteiger partial charge in [0.25, 0.3) is 0 Å². The molecule has 2 rings (SSSR count). The van der Waals surface area contributed by atoms with Crippen LogP contribution in [0.4, 0.5) is 4.79 Å². The van der Waals surface area contributed by atoms with Gasteiger partial charge in [-0.3, -0.25) is 0 Å². The standard InChI is InChI=1S/C16H31N3O/c1-2-11-19(15(20)18-12-7-4-8-13-18)16(14-17)9-5-3-6-10-16/h2-14,17H2,1H3. The smallest absolute Gasteiger partial charge is 0.320 e. The van der Waals surface area contributed by atoms with E-state index in [2.05, 4.69) is 16.7 Å². The molecule has 0 bridgehead atoms. The van der Waals surface area contributed by atoms with Crippen LogP contribution in [0.1, 0.15) is 64.7 Å². The number of carbonyl (C=O) groups is 1. The zero-order valence-electron chi connectivity index (χ0n) is 13.1. The Kier molecular flexibility index (Phi) is 5.70. The summed E-state index contributed by atoms with van der Waals surface area (Å²) in [7, 11) is 0. The predicted octanol–water partition coefficient (Wildman–Crippen LogP) is 2.97. The van der Waals surface area contributed by atoms with Crippen LogP contribution >= 0.6 is 0 Å². The minimum Gasteiger partial charge on any atom is -0.328 e. The van der Waals surface area contributed by atoms with Gasteiger partial charge in [0.15, 0.2) is 0 Å². The first kappa shape index (κ1) is 15.6. The van der Waals surface area contributed by atoms with E-state index >= 15 is 0 Å². The van der Waals surface area contributed by atoms with Crippen molar-refractivity contribution >= 4 is 6.03 Å². The molecule has 1 heterocycles. The molecular weight excluding hydrogens is 250 g/mol. The van der Waals surface area contributed by atoms with E-state index in [0.717, 1.165) is 51.7 Å². The van der Waals surface area contributed by atoms with Crippen LogP contribution in [0.15, 0.2) is 0 Å². The topological polar surface area (TPSA) is 49.6 Å². The molecule has 2 N–H and O–H groups in total. The second-order valence-corrected chi connectivity index (χ2v) is 6.47. The summed E-state index contributed by atoms with van der Waals surface area (Å²) in [6.45, 7) is 5.49. The number of urea groups is 1. The van der Waals surface area contributed by atoms with E-state index in [1.807, 2.05) is 0 Å². The summed E-state index contributed by atoms with van der Waals surface area (Å²) in [5, 5.41) is 0. The Balaban J connectivity index is 2.12. The van der Waals surface area contributed by atoms with Gasteiger partial charge in [-0.25, -0.2) is 4.79 Å². The monoisotopic (exact) mass is 281 g/mol. The number of piperidine rings is 1. The Morgan fingerprint density at radius 1 is 1.10 bits per heavy atom. The van der Waals surface area contributed by atoms with Gasteiger partial charge in [0.1, 0.15) is 0 Å². The number of likely N-dealkylation sites (tertiary alicyclic amines) is 1. The van der Waals surface area contributed by atoms with Crippen molar-refractivity contribution in [3.8, 4) is 0 Å². The molecule has 1 saturated carbocycles. The van der Waals surface area contributed by atoms with Crippen molar-refractivity contribution in [2.75, 3.05) is 26.2 Å². The summed E-state index contributed by atoms with van der Waals surface area (Å²) < 4.78 is 0. The van der Waals surface area contributed by atoms with Gasteiger partial charge in [0.2, 0.25) is 0 Å². The molecule has 0 aromatic heterocycles. The van der Waals surface area contributed by atoms with E-state index in [9.17, 15) is 4.79 Å². The van der Waals surface area contributed by atoms with Crippen molar-refractivity contribution in [3.05, 3.63) is 0 Å². The molecule has 20 heavy (non-hydrogen) atoms. The summed E-state index contributed by atoms with van der Waals surface area (Å²) in [6, 6.07) is 0.249. The lowest BCUT2D eigenvalue weighted by atomic mass is 9.80. The maximum atomic E-state index is 12.9. The van der Waals surface area contributed by atoms with Crippen LogP contribution in [0.3, 0.4) is 0 Å². The lowest BCUT2D eigenvalue weighted by Crippen LogP contribution is -2.61. The maximum absolute atomic E-state index is 12.9. The molecule has 1 saturated heterocycles. The Morgan fingerprint density at radius 2 is 1.70 bits per heavy atom. The molecular formula is C16H31N3O. The number of hydrogen-bond donors (Lipinski definition) is 1. The van der Waals surface area contributed by atoms with Crippen molar-refractivity contribution in [3.63, 3.8) is 0 Å². The number of hydrogen-bond acceptors (Lipinski definition) is 2. The third-order valence-electron chi connectivity index (χ3n) is 5.04. The van der Waals surface area contributed by atoms with Gasteiger partial charge in [-0.2, -0.15) is 0 Å². The fraction of sp³-hybridized carbons (Fsp3) is 0.938. The van der Waals surface area contributed by atoms with E-state index in [1.165, 1.54) is 25.7 Å². The van der Waals surface area contributed by atoms with Crippen LogP contribution in [-0.2, 0) is 0 Å². The lowest BCUT2D eigenvalue weighted by molar-refractivity contribution is 0.0583. The van der Waals surface area contributed by atoms with Gasteiger partial charge in [0.05, 0.1) is 5.54 Å². The Bertz CT molecular complexity index is 307. The molecule has 2 amide bonds. The van der Waals surface area contributed by atoms with E-state index in [4.69, 9.17) is 5.73 Å². The predicted molar refractivity (Wildman–Crippen MR) is 82.7 cm³/mol. The van der Waals surface area contributed by atoms with Gasteiger partial charge >= 0.3 is 6.03 Å². The highest BCUT2D eigenvalue weighted by Gasteiger charge is 2.40. The van der Waals surface area contributed by atoms with Crippen LogP contribution in [-0.4, -0.2) is 47.5 Å². The molecule has 1 aliphatic heterocycles. The SMILES string of the molecule is CCCN(C(=O)N1CCCCC1)C1(CN)CCCCC1. The lowest BCUT2D eigenvalue weighted by Gasteiger charge is -2.48. The minimum absolute atomic E-state index is 0.0667. The number of nitrogens with two attached hydrogens (primary N) is 1. The summed E-state index contributed by atoms with van der Waals surface area (Å²) in [6.07, 6.45) is 10.5. The van der Waals surface area contributed by atoms with Crippen molar-refractivity contribution in [1.82, 2.24) is 9.80 Å². The van der Waals surface area contributed by atoms with Crippen molar-refractivity contribution < 1.29 is 4.79 Å². The summed E-state index contributed by atoms with van der Waals surface area (Å²) in [5.41, 5.74) is 6.06. The van der Waals surface area contributed by atoms with Crippen LogP contribution in [0, 0.1) is 0 Å². The molecule has 0 radical (unpaired) electrons. The molecule has 2 aliphatic rings. The van der Waals surface area contributed by atoms with E-state index in [1.54, 1.807) is 0 Å². The molecule has 116 valence electrons. The van der Waals surface area contributed by atoms with Gasteiger partial charge in [-0.1, -0.05) is 26.2 Å². The molecule has 0 aromatic rings. The molecule has 1 aliphatic carbocycles. The highest BCUT2D eigenvalue weighted by molar-refractivity contribution is 5.75. The van der Waals surface area contributed by atoms with Gasteiger partial charge < -0.3 is 15.5 Å². The molecule has 0 aromatic carbocycles. The summed E-state index contributed by atoms with van der Waals surface area (Å²) >= 11 is 0. The summed E-state index contributed by atoms with van der Waals surface area (Å²) in [5.74, 6) is 0. The first-order valence-electron chi connectivity index (χ1n) is 8.50. The molecule has 0 atom stereocenters. The third kappa shape index (κ3) is 3.27. The zero-order valence-corrected chi connectivity index (χ0v) is 13.1. The van der Waals surface area contributed by atoms with Crippen molar-refractivity contribution in [2.45, 2.75) is 70.3 Å². The minimum atomic E-state index is -0.0667. The van der Waals surface area contributed by atoms with Crippen LogP contribution in [0.5, 0.6) is 0 Å². The Hall–Kier alpha value is -0.770. The summed E-state index contributed by atoms with van der Waals surface area (Å²) in [4.78, 5) is 17.1. The fourth-order valence-corrected chi connectivity index (χ4v) is 3.81. The number of rotatable bonds is 4. The van der Waals surface area contributed by atoms with E-state index < -0.39 is 0 Å². The Labute approximate surface area is 123 Å². The third-order valence-corrected chi connectivity index (χ3v) is 5.04. The number of carbonyl (C=O) groups excluding carboxylic acids is 1. The average molecular weight is 281 g/mol. The fourth-order valence-electron chi connectivity index (χ4n) is 3.81. The van der Waals surface area contributed by atoms with Gasteiger partial charge in [0, 0.05) is 26.2 Å². The Morgan fingerprint density at radius 3 is 2.25 bits per heavy atom. The zero-order chi connectivity index (χ0) is 14.4. The van der Waals surface area contributed by atoms with Crippen molar-refractivity contribution in [2.24, 2.45) is 5.73 Å². The highest BCUT2D eigenvalue weighted by atomic mass is 16.2. The molecule has 0 unspecified atom stereocenters. The molecule has 4 heteroatoms.